The van der Waals surface area contributed by atoms with Gasteiger partial charge in [-0.1, -0.05) is 12.8 Å². The molecule has 0 spiro atoms. The van der Waals surface area contributed by atoms with Crippen LogP contribution in [-0.4, -0.2) is 53.8 Å². The summed E-state index contributed by atoms with van der Waals surface area (Å²) < 4.78 is 5.63. The Bertz CT molecular complexity index is 301. The minimum Gasteiger partial charge on any atom is -0.480 e. The standard InChI is InChI=1S/C13H24N2O4/c1-10(2)15(9-12(16)17)13(18)14-7-8-19-11-5-3-4-6-11/h10-11H,3-9H2,1-2H3,(H,14,18)(H,16,17). The van der Waals surface area contributed by atoms with Gasteiger partial charge in [-0.2, -0.15) is 0 Å². The molecule has 0 bridgehead atoms. The quantitative estimate of drug-likeness (QED) is 0.688. The van der Waals surface area contributed by atoms with Crippen molar-refractivity contribution in [2.75, 3.05) is 19.7 Å². The lowest BCUT2D eigenvalue weighted by molar-refractivity contribution is -0.138. The Morgan fingerprint density at radius 1 is 1.37 bits per heavy atom. The Balaban J connectivity index is 2.21. The average Bonchev–Trinajstić information content (AvgIpc) is 2.83. The second-order valence-electron chi connectivity index (χ2n) is 5.12. The number of amides is 2. The summed E-state index contributed by atoms with van der Waals surface area (Å²) in [6.07, 6.45) is 4.97. The molecule has 19 heavy (non-hydrogen) atoms. The molecule has 1 rings (SSSR count). The molecule has 0 aromatic rings. The van der Waals surface area contributed by atoms with Crippen molar-refractivity contribution in [3.05, 3.63) is 0 Å². The third kappa shape index (κ3) is 5.92. The summed E-state index contributed by atoms with van der Waals surface area (Å²) in [6, 6.07) is -0.501. The van der Waals surface area contributed by atoms with Crippen molar-refractivity contribution in [3.8, 4) is 0 Å². The second-order valence-corrected chi connectivity index (χ2v) is 5.12. The molecule has 110 valence electrons. The number of hydrogen-bond acceptors (Lipinski definition) is 3. The van der Waals surface area contributed by atoms with Crippen LogP contribution in [0.15, 0.2) is 0 Å². The molecule has 1 aliphatic carbocycles. The Labute approximate surface area is 114 Å². The van der Waals surface area contributed by atoms with Crippen LogP contribution in [0.1, 0.15) is 39.5 Å². The third-order valence-corrected chi connectivity index (χ3v) is 3.22. The van der Waals surface area contributed by atoms with Crippen LogP contribution in [0, 0.1) is 0 Å². The third-order valence-electron chi connectivity index (χ3n) is 3.22. The van der Waals surface area contributed by atoms with Gasteiger partial charge in [0.1, 0.15) is 6.54 Å². The summed E-state index contributed by atoms with van der Waals surface area (Å²) in [6.45, 7) is 4.19. The maximum atomic E-state index is 11.8. The van der Waals surface area contributed by atoms with E-state index in [0.29, 0.717) is 19.3 Å². The van der Waals surface area contributed by atoms with Crippen molar-refractivity contribution in [2.24, 2.45) is 0 Å². The molecule has 0 unspecified atom stereocenters. The highest BCUT2D eigenvalue weighted by atomic mass is 16.5. The summed E-state index contributed by atoms with van der Waals surface area (Å²) in [5.41, 5.74) is 0. The van der Waals surface area contributed by atoms with Gasteiger partial charge in [0.15, 0.2) is 0 Å². The number of carboxylic acids is 1. The van der Waals surface area contributed by atoms with Crippen molar-refractivity contribution in [2.45, 2.75) is 51.7 Å². The number of nitrogens with zero attached hydrogens (tertiary/aromatic N) is 1. The van der Waals surface area contributed by atoms with Crippen molar-refractivity contribution < 1.29 is 19.4 Å². The molecule has 1 saturated carbocycles. The molecule has 1 aliphatic rings. The monoisotopic (exact) mass is 272 g/mol. The zero-order valence-electron chi connectivity index (χ0n) is 11.7. The highest BCUT2D eigenvalue weighted by Crippen LogP contribution is 2.20. The summed E-state index contributed by atoms with van der Waals surface area (Å²) in [7, 11) is 0. The zero-order chi connectivity index (χ0) is 14.3. The van der Waals surface area contributed by atoms with E-state index >= 15 is 0 Å². The number of hydrogen-bond donors (Lipinski definition) is 2. The van der Waals surface area contributed by atoms with Gasteiger partial charge in [0, 0.05) is 12.6 Å². The van der Waals surface area contributed by atoms with E-state index in [-0.39, 0.29) is 18.6 Å². The number of aliphatic carboxylic acids is 1. The molecule has 0 aromatic carbocycles. The predicted molar refractivity (Wildman–Crippen MR) is 71.1 cm³/mol. The normalized spacial score (nSPS) is 15.7. The van der Waals surface area contributed by atoms with Gasteiger partial charge < -0.3 is 20.1 Å². The first-order valence-corrected chi connectivity index (χ1v) is 6.88. The molecule has 0 heterocycles. The Morgan fingerprint density at radius 3 is 2.53 bits per heavy atom. The number of rotatable bonds is 7. The van der Waals surface area contributed by atoms with Gasteiger partial charge in [0.2, 0.25) is 0 Å². The van der Waals surface area contributed by atoms with E-state index < -0.39 is 5.97 Å². The van der Waals surface area contributed by atoms with E-state index in [1.54, 1.807) is 13.8 Å². The maximum Gasteiger partial charge on any atom is 0.323 e. The van der Waals surface area contributed by atoms with Crippen LogP contribution in [0.2, 0.25) is 0 Å². The molecule has 0 aromatic heterocycles. The van der Waals surface area contributed by atoms with Crippen LogP contribution in [0.5, 0.6) is 0 Å². The molecule has 0 radical (unpaired) electrons. The minimum absolute atomic E-state index is 0.146. The van der Waals surface area contributed by atoms with E-state index in [4.69, 9.17) is 9.84 Å². The van der Waals surface area contributed by atoms with E-state index in [0.717, 1.165) is 12.8 Å². The van der Waals surface area contributed by atoms with E-state index in [1.165, 1.54) is 17.7 Å². The van der Waals surface area contributed by atoms with Crippen molar-refractivity contribution in [1.29, 1.82) is 0 Å². The zero-order valence-corrected chi connectivity index (χ0v) is 11.7. The van der Waals surface area contributed by atoms with Crippen molar-refractivity contribution in [1.82, 2.24) is 10.2 Å². The van der Waals surface area contributed by atoms with Gasteiger partial charge >= 0.3 is 12.0 Å². The highest BCUT2D eigenvalue weighted by Gasteiger charge is 2.19. The summed E-state index contributed by atoms with van der Waals surface area (Å²) in [4.78, 5) is 23.8. The van der Waals surface area contributed by atoms with E-state index in [2.05, 4.69) is 5.32 Å². The van der Waals surface area contributed by atoms with Crippen LogP contribution in [-0.2, 0) is 9.53 Å². The van der Waals surface area contributed by atoms with E-state index in [9.17, 15) is 9.59 Å². The molecule has 0 atom stereocenters. The molecule has 1 fully saturated rings. The fraction of sp³-hybridized carbons (Fsp3) is 0.846. The Kier molecular flexibility index (Phi) is 6.62. The smallest absolute Gasteiger partial charge is 0.323 e. The first-order valence-electron chi connectivity index (χ1n) is 6.88. The first-order chi connectivity index (χ1) is 9.00. The van der Waals surface area contributed by atoms with Gasteiger partial charge in [-0.3, -0.25) is 4.79 Å². The molecule has 2 N–H and O–H groups in total. The Morgan fingerprint density at radius 2 is 2.00 bits per heavy atom. The number of nitrogens with one attached hydrogen (secondary N) is 1. The van der Waals surface area contributed by atoms with Crippen molar-refractivity contribution >= 4 is 12.0 Å². The SMILES string of the molecule is CC(C)N(CC(=O)O)C(=O)NCCOC1CCCC1. The van der Waals surface area contributed by atoms with Crippen LogP contribution in [0.25, 0.3) is 0 Å². The van der Waals surface area contributed by atoms with E-state index in [1.807, 2.05) is 0 Å². The molecule has 2 amide bonds. The molecule has 0 saturated heterocycles. The fourth-order valence-electron chi connectivity index (χ4n) is 2.17. The lowest BCUT2D eigenvalue weighted by Crippen LogP contribution is -2.47. The second kappa shape index (κ2) is 7.99. The summed E-state index contributed by atoms with van der Waals surface area (Å²) >= 11 is 0. The van der Waals surface area contributed by atoms with Crippen LogP contribution in [0.3, 0.4) is 0 Å². The minimum atomic E-state index is -1.01. The highest BCUT2D eigenvalue weighted by molar-refractivity contribution is 5.80. The molecular formula is C13H24N2O4. The summed E-state index contributed by atoms with van der Waals surface area (Å²) in [5, 5.41) is 11.4. The van der Waals surface area contributed by atoms with Gasteiger partial charge in [0.05, 0.1) is 12.7 Å². The molecule has 0 aliphatic heterocycles. The largest absolute Gasteiger partial charge is 0.480 e. The lowest BCUT2D eigenvalue weighted by atomic mass is 10.3. The number of carbonyl (C=O) groups is 2. The van der Waals surface area contributed by atoms with Gasteiger partial charge in [-0.15, -0.1) is 0 Å². The van der Waals surface area contributed by atoms with Gasteiger partial charge in [-0.05, 0) is 26.7 Å². The maximum absolute atomic E-state index is 11.8. The predicted octanol–water partition coefficient (Wildman–Crippen LogP) is 1.45. The topological polar surface area (TPSA) is 78.9 Å². The Hall–Kier alpha value is -1.30. The van der Waals surface area contributed by atoms with Crippen LogP contribution < -0.4 is 5.32 Å². The number of carbonyl (C=O) groups excluding carboxylic acids is 1. The molecule has 6 nitrogen and oxygen atoms in total. The van der Waals surface area contributed by atoms with Crippen molar-refractivity contribution in [3.63, 3.8) is 0 Å². The lowest BCUT2D eigenvalue weighted by Gasteiger charge is -2.25. The number of ether oxygens (including phenoxy) is 1. The van der Waals surface area contributed by atoms with Crippen LogP contribution in [0.4, 0.5) is 4.79 Å². The average molecular weight is 272 g/mol. The first kappa shape index (κ1) is 15.8. The molecule has 6 heteroatoms. The fourth-order valence-corrected chi connectivity index (χ4v) is 2.17. The molecular weight excluding hydrogens is 248 g/mol. The van der Waals surface area contributed by atoms with Crippen LogP contribution >= 0.6 is 0 Å². The summed E-state index contributed by atoms with van der Waals surface area (Å²) in [5.74, 6) is -1.01. The van der Waals surface area contributed by atoms with Gasteiger partial charge in [-0.25, -0.2) is 4.79 Å². The number of urea groups is 1. The van der Waals surface area contributed by atoms with Gasteiger partial charge in [0.25, 0.3) is 0 Å². The number of carboxylic acid groups (broad SMARTS) is 1.